The fourth-order valence-electron chi connectivity index (χ4n) is 1.26. The minimum absolute atomic E-state index is 0.136. The number of phenols is 1. The summed E-state index contributed by atoms with van der Waals surface area (Å²) in [6.07, 6.45) is -0.352. The van der Waals surface area contributed by atoms with E-state index in [0.29, 0.717) is 6.54 Å². The number of aromatic hydroxyl groups is 1. The molecule has 0 heterocycles. The normalized spacial score (nSPS) is 15.1. The van der Waals surface area contributed by atoms with Gasteiger partial charge < -0.3 is 15.5 Å². The first-order chi connectivity index (χ1) is 6.59. The largest absolute Gasteiger partial charge is 0.508 e. The lowest BCUT2D eigenvalue weighted by atomic mass is 10.1. The minimum atomic E-state index is -0.352. The SMILES string of the molecule is CC(O)CNC(C)c1cccc(O)c1. The van der Waals surface area contributed by atoms with Crippen LogP contribution in [-0.4, -0.2) is 22.9 Å². The van der Waals surface area contributed by atoms with Gasteiger partial charge in [-0.3, -0.25) is 0 Å². The highest BCUT2D eigenvalue weighted by Crippen LogP contribution is 2.17. The Morgan fingerprint density at radius 3 is 2.64 bits per heavy atom. The summed E-state index contributed by atoms with van der Waals surface area (Å²) in [4.78, 5) is 0. The van der Waals surface area contributed by atoms with Crippen molar-refractivity contribution in [2.45, 2.75) is 26.0 Å². The summed E-state index contributed by atoms with van der Waals surface area (Å²) in [5, 5.41) is 21.5. The molecule has 0 bridgehead atoms. The molecule has 78 valence electrons. The summed E-state index contributed by atoms with van der Waals surface area (Å²) in [6.45, 7) is 4.29. The fraction of sp³-hybridized carbons (Fsp3) is 0.455. The van der Waals surface area contributed by atoms with Crippen LogP contribution in [0.3, 0.4) is 0 Å². The molecule has 0 saturated carbocycles. The van der Waals surface area contributed by atoms with Gasteiger partial charge in [0.2, 0.25) is 0 Å². The van der Waals surface area contributed by atoms with E-state index in [9.17, 15) is 5.11 Å². The Balaban J connectivity index is 2.56. The Morgan fingerprint density at radius 1 is 1.36 bits per heavy atom. The van der Waals surface area contributed by atoms with E-state index in [-0.39, 0.29) is 17.9 Å². The molecule has 0 aliphatic heterocycles. The lowest BCUT2D eigenvalue weighted by Crippen LogP contribution is -2.27. The Kier molecular flexibility index (Phi) is 3.92. The zero-order valence-electron chi connectivity index (χ0n) is 8.57. The molecule has 1 rings (SSSR count). The van der Waals surface area contributed by atoms with E-state index in [0.717, 1.165) is 5.56 Å². The van der Waals surface area contributed by atoms with Crippen LogP contribution in [0.4, 0.5) is 0 Å². The van der Waals surface area contributed by atoms with E-state index in [2.05, 4.69) is 5.32 Å². The number of hydrogen-bond acceptors (Lipinski definition) is 3. The smallest absolute Gasteiger partial charge is 0.115 e. The Labute approximate surface area is 84.4 Å². The molecule has 0 radical (unpaired) electrons. The van der Waals surface area contributed by atoms with E-state index >= 15 is 0 Å². The molecular weight excluding hydrogens is 178 g/mol. The third-order valence-corrected chi connectivity index (χ3v) is 2.09. The van der Waals surface area contributed by atoms with Crippen molar-refractivity contribution in [3.63, 3.8) is 0 Å². The highest BCUT2D eigenvalue weighted by molar-refractivity contribution is 5.28. The molecule has 0 aliphatic rings. The van der Waals surface area contributed by atoms with Crippen molar-refractivity contribution in [1.29, 1.82) is 0 Å². The number of phenolic OH excluding ortho intramolecular Hbond substituents is 1. The second kappa shape index (κ2) is 4.98. The minimum Gasteiger partial charge on any atom is -0.508 e. The Hall–Kier alpha value is -1.06. The molecular formula is C11H17NO2. The Bertz CT molecular complexity index is 286. The first-order valence-electron chi connectivity index (χ1n) is 4.80. The summed E-state index contributed by atoms with van der Waals surface area (Å²) < 4.78 is 0. The number of hydrogen-bond donors (Lipinski definition) is 3. The lowest BCUT2D eigenvalue weighted by molar-refractivity contribution is 0.187. The van der Waals surface area contributed by atoms with Crippen molar-refractivity contribution in [2.75, 3.05) is 6.54 Å². The van der Waals surface area contributed by atoms with Crippen LogP contribution in [0.2, 0.25) is 0 Å². The third kappa shape index (κ3) is 3.36. The number of benzene rings is 1. The number of nitrogens with one attached hydrogen (secondary N) is 1. The van der Waals surface area contributed by atoms with E-state index in [1.54, 1.807) is 19.1 Å². The molecule has 3 N–H and O–H groups in total. The van der Waals surface area contributed by atoms with Crippen LogP contribution in [0.15, 0.2) is 24.3 Å². The van der Waals surface area contributed by atoms with Crippen LogP contribution in [0.5, 0.6) is 5.75 Å². The van der Waals surface area contributed by atoms with Gasteiger partial charge in [-0.1, -0.05) is 12.1 Å². The number of aliphatic hydroxyl groups is 1. The van der Waals surface area contributed by atoms with Crippen LogP contribution < -0.4 is 5.32 Å². The van der Waals surface area contributed by atoms with Crippen LogP contribution in [0.25, 0.3) is 0 Å². The van der Waals surface area contributed by atoms with Gasteiger partial charge in [0.25, 0.3) is 0 Å². The van der Waals surface area contributed by atoms with Crippen molar-refractivity contribution in [2.24, 2.45) is 0 Å². The molecule has 0 aliphatic carbocycles. The van der Waals surface area contributed by atoms with Crippen molar-refractivity contribution in [1.82, 2.24) is 5.32 Å². The first kappa shape index (κ1) is 11.0. The molecule has 0 fully saturated rings. The molecule has 3 nitrogen and oxygen atoms in total. The molecule has 2 unspecified atom stereocenters. The molecule has 0 spiro atoms. The van der Waals surface area contributed by atoms with Gasteiger partial charge in [0, 0.05) is 12.6 Å². The second-order valence-electron chi connectivity index (χ2n) is 3.57. The first-order valence-corrected chi connectivity index (χ1v) is 4.80. The van der Waals surface area contributed by atoms with Gasteiger partial charge in [0.15, 0.2) is 0 Å². The summed E-state index contributed by atoms with van der Waals surface area (Å²) in [5.74, 6) is 0.271. The van der Waals surface area contributed by atoms with Gasteiger partial charge in [-0.15, -0.1) is 0 Å². The summed E-state index contributed by atoms with van der Waals surface area (Å²) in [6, 6.07) is 7.26. The summed E-state index contributed by atoms with van der Waals surface area (Å²) in [5.41, 5.74) is 1.02. The van der Waals surface area contributed by atoms with Crippen molar-refractivity contribution < 1.29 is 10.2 Å². The van der Waals surface area contributed by atoms with Crippen LogP contribution in [-0.2, 0) is 0 Å². The maximum Gasteiger partial charge on any atom is 0.115 e. The average Bonchev–Trinajstić information content (AvgIpc) is 2.14. The van der Waals surface area contributed by atoms with E-state index < -0.39 is 0 Å². The van der Waals surface area contributed by atoms with E-state index in [1.807, 2.05) is 19.1 Å². The fourth-order valence-corrected chi connectivity index (χ4v) is 1.26. The van der Waals surface area contributed by atoms with E-state index in [4.69, 9.17) is 5.11 Å². The molecule has 1 aromatic rings. The van der Waals surface area contributed by atoms with E-state index in [1.165, 1.54) is 0 Å². The van der Waals surface area contributed by atoms with Gasteiger partial charge in [0.1, 0.15) is 5.75 Å². The predicted octanol–water partition coefficient (Wildman–Crippen LogP) is 1.42. The van der Waals surface area contributed by atoms with Crippen molar-refractivity contribution in [3.8, 4) is 5.75 Å². The van der Waals surface area contributed by atoms with Crippen molar-refractivity contribution >= 4 is 0 Å². The lowest BCUT2D eigenvalue weighted by Gasteiger charge is -2.15. The average molecular weight is 195 g/mol. The monoisotopic (exact) mass is 195 g/mol. The molecule has 3 heteroatoms. The number of aliphatic hydroxyl groups excluding tert-OH is 1. The molecule has 2 atom stereocenters. The van der Waals surface area contributed by atoms with Crippen LogP contribution >= 0.6 is 0 Å². The van der Waals surface area contributed by atoms with Crippen molar-refractivity contribution in [3.05, 3.63) is 29.8 Å². The zero-order valence-corrected chi connectivity index (χ0v) is 8.57. The zero-order chi connectivity index (χ0) is 10.6. The molecule has 0 saturated heterocycles. The van der Waals surface area contributed by atoms with Gasteiger partial charge in [-0.25, -0.2) is 0 Å². The van der Waals surface area contributed by atoms with Gasteiger partial charge in [-0.05, 0) is 31.5 Å². The standard InChI is InChI=1S/C11H17NO2/c1-8(13)7-12-9(2)10-4-3-5-11(14)6-10/h3-6,8-9,12-14H,7H2,1-2H3. The summed E-state index contributed by atoms with van der Waals surface area (Å²) in [7, 11) is 0. The quantitative estimate of drug-likeness (QED) is 0.681. The van der Waals surface area contributed by atoms with Crippen LogP contribution in [0.1, 0.15) is 25.5 Å². The second-order valence-corrected chi connectivity index (χ2v) is 3.57. The van der Waals surface area contributed by atoms with Gasteiger partial charge in [-0.2, -0.15) is 0 Å². The predicted molar refractivity (Wildman–Crippen MR) is 56.2 cm³/mol. The highest BCUT2D eigenvalue weighted by atomic mass is 16.3. The Morgan fingerprint density at radius 2 is 2.07 bits per heavy atom. The summed E-state index contributed by atoms with van der Waals surface area (Å²) >= 11 is 0. The molecule has 14 heavy (non-hydrogen) atoms. The van der Waals surface area contributed by atoms with Gasteiger partial charge >= 0.3 is 0 Å². The topological polar surface area (TPSA) is 52.5 Å². The number of rotatable bonds is 4. The third-order valence-electron chi connectivity index (χ3n) is 2.09. The maximum absolute atomic E-state index is 9.26. The highest BCUT2D eigenvalue weighted by Gasteiger charge is 2.05. The molecule has 0 amide bonds. The van der Waals surface area contributed by atoms with Gasteiger partial charge in [0.05, 0.1) is 6.10 Å². The molecule has 0 aromatic heterocycles. The van der Waals surface area contributed by atoms with Crippen LogP contribution in [0, 0.1) is 0 Å². The molecule has 1 aromatic carbocycles. The maximum atomic E-state index is 9.26.